The molecule has 1 aliphatic rings. The first-order chi connectivity index (χ1) is 16.3. The predicted molar refractivity (Wildman–Crippen MR) is 135 cm³/mol. The van der Waals surface area contributed by atoms with Gasteiger partial charge in [0.15, 0.2) is 0 Å². The van der Waals surface area contributed by atoms with Crippen LogP contribution in [0.1, 0.15) is 33.3 Å². The van der Waals surface area contributed by atoms with Gasteiger partial charge in [-0.1, -0.05) is 35.5 Å². The van der Waals surface area contributed by atoms with Gasteiger partial charge in [-0.05, 0) is 27.7 Å². The number of hydrogen-bond acceptors (Lipinski definition) is 8. The molecule has 1 unspecified atom stereocenters. The zero-order chi connectivity index (χ0) is 24.5. The van der Waals surface area contributed by atoms with Crippen LogP contribution in [0.3, 0.4) is 0 Å². The standard InChI is InChI=1S/C26H42N4O4/c1-20(2)28(5)26-24(25(27-34-26)22-9-7-6-8-10-22)18-30(17-23(31)19-33-21(3)4)12-11-29-13-15-32-16-14-29/h6-10,20-21,23,31H,11-19H2,1-5H3. The Morgan fingerprint density at radius 1 is 1.12 bits per heavy atom. The SMILES string of the molecule is CC(C)OCC(O)CN(CCN1CCOCC1)Cc1c(-c2ccccc2)noc1N(C)C(C)C. The Morgan fingerprint density at radius 3 is 2.47 bits per heavy atom. The second-order valence-corrected chi connectivity index (χ2v) is 9.61. The Kier molecular flexibility index (Phi) is 10.3. The molecule has 1 aromatic carbocycles. The number of anilines is 1. The molecule has 1 saturated heterocycles. The number of nitrogens with zero attached hydrogens (tertiary/aromatic N) is 4. The zero-order valence-corrected chi connectivity index (χ0v) is 21.4. The van der Waals surface area contributed by atoms with Gasteiger partial charge in [0.1, 0.15) is 5.69 Å². The van der Waals surface area contributed by atoms with Crippen molar-refractivity contribution in [1.82, 2.24) is 15.0 Å². The number of hydrogen-bond donors (Lipinski definition) is 1. The Morgan fingerprint density at radius 2 is 1.82 bits per heavy atom. The molecule has 1 aromatic heterocycles. The molecular weight excluding hydrogens is 432 g/mol. The van der Waals surface area contributed by atoms with Crippen molar-refractivity contribution in [1.29, 1.82) is 0 Å². The van der Waals surface area contributed by atoms with Gasteiger partial charge in [-0.15, -0.1) is 0 Å². The third-order valence-corrected chi connectivity index (χ3v) is 6.22. The topological polar surface area (TPSA) is 74.4 Å². The number of ether oxygens (including phenoxy) is 2. The molecule has 2 heterocycles. The molecule has 8 nitrogen and oxygen atoms in total. The van der Waals surface area contributed by atoms with E-state index in [4.69, 9.17) is 14.0 Å². The molecule has 0 bridgehead atoms. The summed E-state index contributed by atoms with van der Waals surface area (Å²) in [6, 6.07) is 10.4. The summed E-state index contributed by atoms with van der Waals surface area (Å²) in [5, 5.41) is 15.2. The summed E-state index contributed by atoms with van der Waals surface area (Å²) in [5.41, 5.74) is 2.93. The van der Waals surface area contributed by atoms with Gasteiger partial charge in [0.05, 0.1) is 37.6 Å². The summed E-state index contributed by atoms with van der Waals surface area (Å²) >= 11 is 0. The van der Waals surface area contributed by atoms with Crippen molar-refractivity contribution in [2.75, 3.05) is 64.5 Å². The van der Waals surface area contributed by atoms with Gasteiger partial charge in [0.25, 0.3) is 0 Å². The van der Waals surface area contributed by atoms with E-state index >= 15 is 0 Å². The molecule has 2 aromatic rings. The maximum absolute atomic E-state index is 10.7. The van der Waals surface area contributed by atoms with E-state index < -0.39 is 6.10 Å². The molecule has 0 saturated carbocycles. The monoisotopic (exact) mass is 474 g/mol. The van der Waals surface area contributed by atoms with Gasteiger partial charge < -0.3 is 24.0 Å². The third kappa shape index (κ3) is 7.78. The largest absolute Gasteiger partial charge is 0.389 e. The number of aliphatic hydroxyl groups is 1. The number of rotatable bonds is 13. The lowest BCUT2D eigenvalue weighted by atomic mass is 10.1. The van der Waals surface area contributed by atoms with Crippen molar-refractivity contribution >= 4 is 5.88 Å². The van der Waals surface area contributed by atoms with Gasteiger partial charge in [0, 0.05) is 57.9 Å². The molecule has 34 heavy (non-hydrogen) atoms. The molecule has 0 aliphatic carbocycles. The maximum atomic E-state index is 10.7. The van der Waals surface area contributed by atoms with Crippen LogP contribution < -0.4 is 4.90 Å². The van der Waals surface area contributed by atoms with Crippen LogP contribution in [-0.2, 0) is 16.0 Å². The molecule has 1 N–H and O–H groups in total. The first kappa shape index (κ1) is 26.6. The smallest absolute Gasteiger partial charge is 0.232 e. The van der Waals surface area contributed by atoms with E-state index in [2.05, 4.69) is 45.8 Å². The second kappa shape index (κ2) is 13.2. The molecule has 3 rings (SSSR count). The Bertz CT molecular complexity index is 837. The zero-order valence-electron chi connectivity index (χ0n) is 21.4. The van der Waals surface area contributed by atoms with Crippen LogP contribution >= 0.6 is 0 Å². The fraction of sp³-hybridized carbons (Fsp3) is 0.654. The molecule has 190 valence electrons. The summed E-state index contributed by atoms with van der Waals surface area (Å²) in [6.07, 6.45) is -0.482. The van der Waals surface area contributed by atoms with Crippen LogP contribution in [0.25, 0.3) is 11.3 Å². The average Bonchev–Trinajstić information content (AvgIpc) is 3.25. The van der Waals surface area contributed by atoms with E-state index in [1.165, 1.54) is 0 Å². The first-order valence-corrected chi connectivity index (χ1v) is 12.4. The summed E-state index contributed by atoms with van der Waals surface area (Å²) in [4.78, 5) is 6.83. The van der Waals surface area contributed by atoms with Crippen LogP contribution in [0.15, 0.2) is 34.9 Å². The highest BCUT2D eigenvalue weighted by Crippen LogP contribution is 2.32. The summed E-state index contributed by atoms with van der Waals surface area (Å²) in [6.45, 7) is 14.9. The van der Waals surface area contributed by atoms with E-state index in [9.17, 15) is 5.11 Å². The third-order valence-electron chi connectivity index (χ3n) is 6.22. The van der Waals surface area contributed by atoms with Gasteiger partial charge in [0.2, 0.25) is 5.88 Å². The van der Waals surface area contributed by atoms with Crippen molar-refractivity contribution in [2.45, 2.75) is 52.5 Å². The fourth-order valence-electron chi connectivity index (χ4n) is 4.00. The van der Waals surface area contributed by atoms with Crippen molar-refractivity contribution in [3.63, 3.8) is 0 Å². The van der Waals surface area contributed by atoms with Crippen LogP contribution in [0.5, 0.6) is 0 Å². The lowest BCUT2D eigenvalue weighted by molar-refractivity contribution is -0.0128. The molecule has 0 radical (unpaired) electrons. The van der Waals surface area contributed by atoms with E-state index in [0.29, 0.717) is 19.7 Å². The van der Waals surface area contributed by atoms with Gasteiger partial charge >= 0.3 is 0 Å². The predicted octanol–water partition coefficient (Wildman–Crippen LogP) is 3.11. The highest BCUT2D eigenvalue weighted by atomic mass is 16.5. The highest BCUT2D eigenvalue weighted by Gasteiger charge is 2.25. The number of benzene rings is 1. The Balaban J connectivity index is 1.83. The summed E-state index contributed by atoms with van der Waals surface area (Å²) in [5.74, 6) is 0.776. The molecule has 1 atom stereocenters. The average molecular weight is 475 g/mol. The van der Waals surface area contributed by atoms with Crippen LogP contribution in [0, 0.1) is 0 Å². The van der Waals surface area contributed by atoms with Crippen molar-refractivity contribution in [3.8, 4) is 11.3 Å². The number of aliphatic hydroxyl groups excluding tert-OH is 1. The van der Waals surface area contributed by atoms with Gasteiger partial charge in [-0.3, -0.25) is 9.80 Å². The van der Waals surface area contributed by atoms with Crippen LogP contribution in [-0.4, -0.2) is 97.9 Å². The second-order valence-electron chi connectivity index (χ2n) is 9.61. The summed E-state index contributed by atoms with van der Waals surface area (Å²) < 4.78 is 17.1. The highest BCUT2D eigenvalue weighted by molar-refractivity contribution is 5.68. The van der Waals surface area contributed by atoms with E-state index in [1.807, 2.05) is 39.1 Å². The molecule has 0 amide bonds. The molecular formula is C26H42N4O4. The maximum Gasteiger partial charge on any atom is 0.232 e. The van der Waals surface area contributed by atoms with Crippen molar-refractivity contribution in [2.24, 2.45) is 0 Å². The van der Waals surface area contributed by atoms with Gasteiger partial charge in [-0.25, -0.2) is 0 Å². The minimum atomic E-state index is -0.571. The molecule has 1 fully saturated rings. The molecule has 8 heteroatoms. The van der Waals surface area contributed by atoms with Gasteiger partial charge in [-0.2, -0.15) is 0 Å². The normalized spacial score (nSPS) is 16.0. The number of morpholine rings is 1. The van der Waals surface area contributed by atoms with Crippen molar-refractivity contribution in [3.05, 3.63) is 35.9 Å². The molecule has 0 spiro atoms. The van der Waals surface area contributed by atoms with Crippen LogP contribution in [0.2, 0.25) is 0 Å². The van der Waals surface area contributed by atoms with E-state index in [1.54, 1.807) is 0 Å². The Labute approximate surface area is 204 Å². The van der Waals surface area contributed by atoms with Crippen LogP contribution in [0.4, 0.5) is 5.88 Å². The minimum absolute atomic E-state index is 0.0884. The first-order valence-electron chi connectivity index (χ1n) is 12.4. The lowest BCUT2D eigenvalue weighted by Crippen LogP contribution is -2.43. The summed E-state index contributed by atoms with van der Waals surface area (Å²) in [7, 11) is 2.03. The Hall–Kier alpha value is -1.97. The van der Waals surface area contributed by atoms with E-state index in [-0.39, 0.29) is 12.1 Å². The number of aromatic nitrogens is 1. The lowest BCUT2D eigenvalue weighted by Gasteiger charge is -2.31. The van der Waals surface area contributed by atoms with Crippen molar-refractivity contribution < 1.29 is 19.1 Å². The van der Waals surface area contributed by atoms with E-state index in [0.717, 1.165) is 62.1 Å². The minimum Gasteiger partial charge on any atom is -0.389 e. The molecule has 1 aliphatic heterocycles. The fourth-order valence-corrected chi connectivity index (χ4v) is 4.00. The quantitative estimate of drug-likeness (QED) is 0.475.